The van der Waals surface area contributed by atoms with Gasteiger partial charge < -0.3 is 10.1 Å². The Morgan fingerprint density at radius 2 is 1.56 bits per heavy atom. The number of benzene rings is 3. The molecule has 0 fully saturated rings. The van der Waals surface area contributed by atoms with E-state index in [0.717, 1.165) is 17.5 Å². The fourth-order valence-electron chi connectivity index (χ4n) is 3.26. The van der Waals surface area contributed by atoms with Gasteiger partial charge in [-0.05, 0) is 60.4 Å². The maximum absolute atomic E-state index is 13.3. The molecule has 0 unspecified atom stereocenters. The second-order valence-corrected chi connectivity index (χ2v) is 9.29. The monoisotopic (exact) mass is 452 g/mol. The molecule has 0 saturated carbocycles. The van der Waals surface area contributed by atoms with Crippen LogP contribution in [0.3, 0.4) is 0 Å². The van der Waals surface area contributed by atoms with Gasteiger partial charge in [-0.2, -0.15) is 4.31 Å². The standard InChI is InChI=1S/C25H28N2O4S/c1-3-20-9-11-22(12-10-20)26-25(28)19-27(18-17-21-7-5-4-6-8-21)32(29,30)24-15-13-23(31-2)14-16-24/h4-16H,3,17-19H2,1-2H3,(H,26,28). The van der Waals surface area contributed by atoms with E-state index in [2.05, 4.69) is 12.2 Å². The molecule has 3 aromatic rings. The first-order valence-electron chi connectivity index (χ1n) is 10.5. The number of carbonyl (C=O) groups is 1. The summed E-state index contributed by atoms with van der Waals surface area (Å²) in [6.45, 7) is 1.96. The van der Waals surface area contributed by atoms with Crippen LogP contribution in [0.2, 0.25) is 0 Å². The van der Waals surface area contributed by atoms with Crippen molar-refractivity contribution in [3.05, 3.63) is 90.0 Å². The molecule has 1 amide bonds. The lowest BCUT2D eigenvalue weighted by Crippen LogP contribution is -2.39. The Bertz CT molecular complexity index is 1110. The number of nitrogens with zero attached hydrogens (tertiary/aromatic N) is 1. The third-order valence-electron chi connectivity index (χ3n) is 5.16. The molecule has 0 aromatic heterocycles. The van der Waals surface area contributed by atoms with Crippen molar-refractivity contribution in [3.63, 3.8) is 0 Å². The zero-order valence-corrected chi connectivity index (χ0v) is 19.1. The number of carbonyl (C=O) groups excluding carboxylic acids is 1. The van der Waals surface area contributed by atoms with E-state index in [4.69, 9.17) is 4.74 Å². The summed E-state index contributed by atoms with van der Waals surface area (Å²) in [5.74, 6) is 0.174. The molecule has 0 aliphatic heterocycles. The van der Waals surface area contributed by atoms with Gasteiger partial charge in [0.15, 0.2) is 0 Å². The Labute approximate surface area is 189 Å². The summed E-state index contributed by atoms with van der Waals surface area (Å²) in [7, 11) is -2.36. The Kier molecular flexibility index (Phi) is 8.03. The van der Waals surface area contributed by atoms with Crippen molar-refractivity contribution in [2.24, 2.45) is 0 Å². The fourth-order valence-corrected chi connectivity index (χ4v) is 4.66. The highest BCUT2D eigenvalue weighted by Crippen LogP contribution is 2.20. The van der Waals surface area contributed by atoms with Gasteiger partial charge in [-0.15, -0.1) is 0 Å². The number of hydrogen-bond acceptors (Lipinski definition) is 4. The van der Waals surface area contributed by atoms with Gasteiger partial charge in [0.05, 0.1) is 18.6 Å². The molecule has 0 aliphatic carbocycles. The zero-order chi connectivity index (χ0) is 23.0. The summed E-state index contributed by atoms with van der Waals surface area (Å²) in [5.41, 5.74) is 2.80. The van der Waals surface area contributed by atoms with E-state index >= 15 is 0 Å². The first kappa shape index (κ1) is 23.5. The fraction of sp³-hybridized carbons (Fsp3) is 0.240. The summed E-state index contributed by atoms with van der Waals surface area (Å²) in [6.07, 6.45) is 1.40. The summed E-state index contributed by atoms with van der Waals surface area (Å²) >= 11 is 0. The quantitative estimate of drug-likeness (QED) is 0.502. The van der Waals surface area contributed by atoms with Crippen LogP contribution in [0.5, 0.6) is 5.75 Å². The number of methoxy groups -OCH3 is 1. The van der Waals surface area contributed by atoms with E-state index in [1.54, 1.807) is 12.1 Å². The maximum Gasteiger partial charge on any atom is 0.243 e. The summed E-state index contributed by atoms with van der Waals surface area (Å²) < 4.78 is 33.0. The molecule has 0 atom stereocenters. The van der Waals surface area contributed by atoms with Crippen LogP contribution in [0.25, 0.3) is 0 Å². The van der Waals surface area contributed by atoms with E-state index in [0.29, 0.717) is 17.9 Å². The molecule has 3 rings (SSSR count). The second-order valence-electron chi connectivity index (χ2n) is 7.35. The number of ether oxygens (including phenoxy) is 1. The van der Waals surface area contributed by atoms with Crippen molar-refractivity contribution in [2.75, 3.05) is 25.5 Å². The molecular weight excluding hydrogens is 424 g/mol. The molecule has 0 saturated heterocycles. The van der Waals surface area contributed by atoms with Gasteiger partial charge in [-0.25, -0.2) is 8.42 Å². The summed E-state index contributed by atoms with van der Waals surface area (Å²) in [6, 6.07) is 23.3. The molecule has 6 nitrogen and oxygen atoms in total. The van der Waals surface area contributed by atoms with Crippen molar-refractivity contribution in [2.45, 2.75) is 24.7 Å². The van der Waals surface area contributed by atoms with Crippen LogP contribution in [-0.4, -0.2) is 38.8 Å². The predicted molar refractivity (Wildman–Crippen MR) is 126 cm³/mol. The number of sulfonamides is 1. The van der Waals surface area contributed by atoms with Crippen molar-refractivity contribution < 1.29 is 17.9 Å². The molecule has 0 bridgehead atoms. The van der Waals surface area contributed by atoms with Crippen LogP contribution in [-0.2, 0) is 27.7 Å². The van der Waals surface area contributed by atoms with Gasteiger partial charge in [-0.1, -0.05) is 49.4 Å². The van der Waals surface area contributed by atoms with E-state index in [1.807, 2.05) is 54.6 Å². The van der Waals surface area contributed by atoms with Gasteiger partial charge in [0.1, 0.15) is 5.75 Å². The van der Waals surface area contributed by atoms with Crippen LogP contribution in [0.1, 0.15) is 18.1 Å². The summed E-state index contributed by atoms with van der Waals surface area (Å²) in [5, 5.41) is 2.80. The van der Waals surface area contributed by atoms with Crippen LogP contribution < -0.4 is 10.1 Å². The van der Waals surface area contributed by atoms with Crippen molar-refractivity contribution in [3.8, 4) is 5.75 Å². The van der Waals surface area contributed by atoms with Gasteiger partial charge >= 0.3 is 0 Å². The lowest BCUT2D eigenvalue weighted by Gasteiger charge is -2.22. The molecule has 0 heterocycles. The topological polar surface area (TPSA) is 75.7 Å². The minimum absolute atomic E-state index is 0.117. The number of anilines is 1. The zero-order valence-electron chi connectivity index (χ0n) is 18.3. The Morgan fingerprint density at radius 3 is 2.16 bits per heavy atom. The van der Waals surface area contributed by atoms with Crippen molar-refractivity contribution in [1.82, 2.24) is 4.31 Å². The highest BCUT2D eigenvalue weighted by molar-refractivity contribution is 7.89. The number of aryl methyl sites for hydroxylation is 1. The number of amides is 1. The minimum Gasteiger partial charge on any atom is -0.497 e. The highest BCUT2D eigenvalue weighted by Gasteiger charge is 2.26. The number of nitrogens with one attached hydrogen (secondary N) is 1. The first-order chi connectivity index (χ1) is 15.4. The molecule has 0 aliphatic rings. The van der Waals surface area contributed by atoms with Crippen LogP contribution >= 0.6 is 0 Å². The lowest BCUT2D eigenvalue weighted by atomic mass is 10.1. The molecule has 32 heavy (non-hydrogen) atoms. The Morgan fingerprint density at radius 1 is 0.906 bits per heavy atom. The first-order valence-corrected chi connectivity index (χ1v) is 11.9. The number of rotatable bonds is 10. The minimum atomic E-state index is -3.88. The average Bonchev–Trinajstić information content (AvgIpc) is 2.82. The van der Waals surface area contributed by atoms with Gasteiger partial charge in [0.2, 0.25) is 15.9 Å². The normalized spacial score (nSPS) is 11.3. The average molecular weight is 453 g/mol. The van der Waals surface area contributed by atoms with Gasteiger partial charge in [0.25, 0.3) is 0 Å². The van der Waals surface area contributed by atoms with Gasteiger partial charge in [0, 0.05) is 12.2 Å². The highest BCUT2D eigenvalue weighted by atomic mass is 32.2. The van der Waals surface area contributed by atoms with Crippen LogP contribution in [0.15, 0.2) is 83.8 Å². The molecule has 168 valence electrons. The van der Waals surface area contributed by atoms with Gasteiger partial charge in [-0.3, -0.25) is 4.79 Å². The van der Waals surface area contributed by atoms with Crippen LogP contribution in [0, 0.1) is 0 Å². The third-order valence-corrected chi connectivity index (χ3v) is 7.02. The second kappa shape index (κ2) is 10.9. The predicted octanol–water partition coefficient (Wildman–Crippen LogP) is 4.13. The SMILES string of the molecule is CCc1ccc(NC(=O)CN(CCc2ccccc2)S(=O)(=O)c2ccc(OC)cc2)cc1. The molecule has 0 spiro atoms. The van der Waals surface area contributed by atoms with Crippen LogP contribution in [0.4, 0.5) is 5.69 Å². The molecular formula is C25H28N2O4S. The Balaban J connectivity index is 1.79. The smallest absolute Gasteiger partial charge is 0.243 e. The van der Waals surface area contributed by atoms with E-state index in [-0.39, 0.29) is 23.9 Å². The molecule has 0 radical (unpaired) electrons. The van der Waals surface area contributed by atoms with E-state index < -0.39 is 10.0 Å². The Hall–Kier alpha value is -3.16. The lowest BCUT2D eigenvalue weighted by molar-refractivity contribution is -0.116. The maximum atomic E-state index is 13.3. The van der Waals surface area contributed by atoms with E-state index in [9.17, 15) is 13.2 Å². The molecule has 7 heteroatoms. The largest absolute Gasteiger partial charge is 0.497 e. The van der Waals surface area contributed by atoms with Crippen molar-refractivity contribution in [1.29, 1.82) is 0 Å². The summed E-state index contributed by atoms with van der Waals surface area (Å²) in [4.78, 5) is 12.8. The molecule has 3 aromatic carbocycles. The number of hydrogen-bond donors (Lipinski definition) is 1. The van der Waals surface area contributed by atoms with Crippen molar-refractivity contribution >= 4 is 21.6 Å². The van der Waals surface area contributed by atoms with E-state index in [1.165, 1.54) is 23.5 Å². The molecule has 1 N–H and O–H groups in total. The third kappa shape index (κ3) is 6.18.